The quantitative estimate of drug-likeness (QED) is 0.854. The molecule has 0 N–H and O–H groups in total. The number of hydrogen-bond acceptors (Lipinski definition) is 3. The van der Waals surface area contributed by atoms with Crippen LogP contribution in [0.4, 0.5) is 11.5 Å². The molecule has 0 spiro atoms. The number of hydrogen-bond donors (Lipinski definition) is 0. The standard InChI is InChI=1S/C19H21N3O/c1-14-13-15-7-2-3-9-17(15)22(14)19(23)16-8-6-10-18(20-16)21-11-4-5-12-21/h2-3,6-10,14H,4-5,11-13H2,1H3. The van der Waals surface area contributed by atoms with E-state index in [0.29, 0.717) is 5.69 Å². The second-order valence-electron chi connectivity index (χ2n) is 6.43. The first-order valence-electron chi connectivity index (χ1n) is 8.37. The second kappa shape index (κ2) is 5.69. The molecule has 0 aliphatic carbocycles. The van der Waals surface area contributed by atoms with Crippen molar-refractivity contribution in [1.82, 2.24) is 4.98 Å². The summed E-state index contributed by atoms with van der Waals surface area (Å²) in [7, 11) is 0. The van der Waals surface area contributed by atoms with Crippen LogP contribution in [-0.2, 0) is 6.42 Å². The Bertz CT molecular complexity index is 737. The predicted molar refractivity (Wildman–Crippen MR) is 92.1 cm³/mol. The van der Waals surface area contributed by atoms with Crippen LogP contribution in [0.1, 0.15) is 35.8 Å². The molecule has 1 fully saturated rings. The predicted octanol–water partition coefficient (Wildman–Crippen LogP) is 3.27. The largest absolute Gasteiger partial charge is 0.357 e. The zero-order chi connectivity index (χ0) is 15.8. The fourth-order valence-electron chi connectivity index (χ4n) is 3.66. The van der Waals surface area contributed by atoms with E-state index in [4.69, 9.17) is 0 Å². The number of anilines is 2. The van der Waals surface area contributed by atoms with Crippen molar-refractivity contribution in [2.45, 2.75) is 32.2 Å². The molecule has 1 unspecified atom stereocenters. The highest BCUT2D eigenvalue weighted by molar-refractivity contribution is 6.06. The SMILES string of the molecule is CC1Cc2ccccc2N1C(=O)c1cccc(N2CCCC2)n1. The van der Waals surface area contributed by atoms with Crippen molar-refractivity contribution < 1.29 is 4.79 Å². The summed E-state index contributed by atoms with van der Waals surface area (Å²) in [5.74, 6) is 0.928. The van der Waals surface area contributed by atoms with Gasteiger partial charge >= 0.3 is 0 Å². The Morgan fingerprint density at radius 3 is 2.70 bits per heavy atom. The third-order valence-electron chi connectivity index (χ3n) is 4.81. The van der Waals surface area contributed by atoms with Crippen molar-refractivity contribution in [3.8, 4) is 0 Å². The molecule has 1 amide bonds. The van der Waals surface area contributed by atoms with Crippen LogP contribution in [0, 0.1) is 0 Å². The summed E-state index contributed by atoms with van der Waals surface area (Å²) < 4.78 is 0. The normalized spacial score (nSPS) is 20.0. The van der Waals surface area contributed by atoms with Crippen LogP contribution >= 0.6 is 0 Å². The van der Waals surface area contributed by atoms with E-state index in [2.05, 4.69) is 22.9 Å². The Morgan fingerprint density at radius 2 is 1.87 bits per heavy atom. The van der Waals surface area contributed by atoms with Crippen LogP contribution in [0.5, 0.6) is 0 Å². The maximum Gasteiger partial charge on any atom is 0.277 e. The summed E-state index contributed by atoms with van der Waals surface area (Å²) in [4.78, 5) is 21.8. The van der Waals surface area contributed by atoms with Gasteiger partial charge in [-0.1, -0.05) is 24.3 Å². The number of rotatable bonds is 2. The maximum absolute atomic E-state index is 13.0. The average molecular weight is 307 g/mol. The summed E-state index contributed by atoms with van der Waals surface area (Å²) in [6.45, 7) is 4.17. The Kier molecular flexibility index (Phi) is 3.52. The number of nitrogens with zero attached hydrogens (tertiary/aromatic N) is 3. The monoisotopic (exact) mass is 307 g/mol. The van der Waals surface area contributed by atoms with Gasteiger partial charge in [-0.3, -0.25) is 4.79 Å². The lowest BCUT2D eigenvalue weighted by Crippen LogP contribution is -2.36. The van der Waals surface area contributed by atoms with E-state index in [1.807, 2.05) is 41.3 Å². The number of carbonyl (C=O) groups excluding carboxylic acids is 1. The molecule has 2 aromatic rings. The molecule has 1 atom stereocenters. The molecule has 1 aromatic carbocycles. The Labute approximate surface area is 136 Å². The molecule has 2 aliphatic rings. The van der Waals surface area contributed by atoms with Crippen molar-refractivity contribution in [2.24, 2.45) is 0 Å². The van der Waals surface area contributed by atoms with Crippen molar-refractivity contribution in [3.05, 3.63) is 53.7 Å². The summed E-state index contributed by atoms with van der Waals surface area (Å²) in [6.07, 6.45) is 3.32. The molecule has 118 valence electrons. The topological polar surface area (TPSA) is 36.4 Å². The van der Waals surface area contributed by atoms with Gasteiger partial charge in [0.1, 0.15) is 11.5 Å². The average Bonchev–Trinajstić information content (AvgIpc) is 3.21. The third kappa shape index (κ3) is 2.48. The van der Waals surface area contributed by atoms with E-state index in [0.717, 1.165) is 31.0 Å². The Hall–Kier alpha value is -2.36. The highest BCUT2D eigenvalue weighted by atomic mass is 16.2. The molecule has 1 saturated heterocycles. The van der Waals surface area contributed by atoms with Crippen LogP contribution in [-0.4, -0.2) is 30.0 Å². The van der Waals surface area contributed by atoms with Crippen LogP contribution in [0.3, 0.4) is 0 Å². The molecule has 3 heterocycles. The van der Waals surface area contributed by atoms with Gasteiger partial charge in [-0.05, 0) is 49.9 Å². The van der Waals surface area contributed by atoms with Gasteiger partial charge in [0.2, 0.25) is 0 Å². The fraction of sp³-hybridized carbons (Fsp3) is 0.368. The van der Waals surface area contributed by atoms with Crippen molar-refractivity contribution in [2.75, 3.05) is 22.9 Å². The summed E-state index contributed by atoms with van der Waals surface area (Å²) >= 11 is 0. The molecule has 4 heteroatoms. The summed E-state index contributed by atoms with van der Waals surface area (Å²) in [6, 6.07) is 14.1. The minimum atomic E-state index is 0.00324. The lowest BCUT2D eigenvalue weighted by atomic mass is 10.1. The first-order valence-corrected chi connectivity index (χ1v) is 8.37. The molecule has 23 heavy (non-hydrogen) atoms. The van der Waals surface area contributed by atoms with Gasteiger partial charge in [0, 0.05) is 24.8 Å². The number of benzene rings is 1. The molecule has 0 bridgehead atoms. The molecule has 0 radical (unpaired) electrons. The van der Waals surface area contributed by atoms with E-state index in [1.165, 1.54) is 18.4 Å². The molecule has 1 aromatic heterocycles. The minimum absolute atomic E-state index is 0.00324. The third-order valence-corrected chi connectivity index (χ3v) is 4.81. The maximum atomic E-state index is 13.0. The number of aromatic nitrogens is 1. The van der Waals surface area contributed by atoms with Gasteiger partial charge in [-0.2, -0.15) is 0 Å². The van der Waals surface area contributed by atoms with E-state index in [9.17, 15) is 4.79 Å². The van der Waals surface area contributed by atoms with Crippen molar-refractivity contribution in [3.63, 3.8) is 0 Å². The highest BCUT2D eigenvalue weighted by Gasteiger charge is 2.32. The Morgan fingerprint density at radius 1 is 1.09 bits per heavy atom. The zero-order valence-corrected chi connectivity index (χ0v) is 13.4. The molecular weight excluding hydrogens is 286 g/mol. The molecular formula is C19H21N3O. The molecule has 2 aliphatic heterocycles. The smallest absolute Gasteiger partial charge is 0.277 e. The number of para-hydroxylation sites is 1. The van der Waals surface area contributed by atoms with Gasteiger partial charge in [-0.25, -0.2) is 4.98 Å². The van der Waals surface area contributed by atoms with Gasteiger partial charge < -0.3 is 9.80 Å². The van der Waals surface area contributed by atoms with Gasteiger partial charge in [0.05, 0.1) is 0 Å². The number of fused-ring (bicyclic) bond motifs is 1. The first-order chi connectivity index (χ1) is 11.2. The van der Waals surface area contributed by atoms with Crippen LogP contribution in [0.25, 0.3) is 0 Å². The van der Waals surface area contributed by atoms with E-state index in [1.54, 1.807) is 0 Å². The first kappa shape index (κ1) is 14.2. The summed E-state index contributed by atoms with van der Waals surface area (Å²) in [5.41, 5.74) is 2.81. The number of pyridine rings is 1. The Balaban J connectivity index is 1.66. The molecule has 4 rings (SSSR count). The fourth-order valence-corrected chi connectivity index (χ4v) is 3.66. The van der Waals surface area contributed by atoms with Crippen LogP contribution in [0.2, 0.25) is 0 Å². The van der Waals surface area contributed by atoms with Crippen LogP contribution < -0.4 is 9.80 Å². The van der Waals surface area contributed by atoms with Gasteiger partial charge in [0.25, 0.3) is 5.91 Å². The van der Waals surface area contributed by atoms with E-state index >= 15 is 0 Å². The van der Waals surface area contributed by atoms with E-state index < -0.39 is 0 Å². The van der Waals surface area contributed by atoms with Gasteiger partial charge in [0.15, 0.2) is 0 Å². The van der Waals surface area contributed by atoms with Crippen molar-refractivity contribution >= 4 is 17.4 Å². The minimum Gasteiger partial charge on any atom is -0.357 e. The van der Waals surface area contributed by atoms with Crippen LogP contribution in [0.15, 0.2) is 42.5 Å². The number of carbonyl (C=O) groups is 1. The highest BCUT2D eigenvalue weighted by Crippen LogP contribution is 2.33. The second-order valence-corrected chi connectivity index (χ2v) is 6.43. The van der Waals surface area contributed by atoms with Gasteiger partial charge in [-0.15, -0.1) is 0 Å². The molecule has 4 nitrogen and oxygen atoms in total. The van der Waals surface area contributed by atoms with E-state index in [-0.39, 0.29) is 11.9 Å². The molecule has 0 saturated carbocycles. The number of amides is 1. The zero-order valence-electron chi connectivity index (χ0n) is 13.4. The lowest BCUT2D eigenvalue weighted by molar-refractivity contribution is 0.0977. The lowest BCUT2D eigenvalue weighted by Gasteiger charge is -2.23. The summed E-state index contributed by atoms with van der Waals surface area (Å²) in [5, 5.41) is 0. The van der Waals surface area contributed by atoms with Crippen molar-refractivity contribution in [1.29, 1.82) is 0 Å².